The predicted molar refractivity (Wildman–Crippen MR) is 109 cm³/mol. The van der Waals surface area contributed by atoms with Gasteiger partial charge in [0.25, 0.3) is 0 Å². The molecule has 10 nitrogen and oxygen atoms in total. The van der Waals surface area contributed by atoms with Crippen molar-refractivity contribution in [1.82, 2.24) is 16.0 Å². The number of thioether (sulfide) groups is 1. The molecule has 0 spiro atoms. The fraction of sp³-hybridized carbons (Fsp3) is 0.765. The van der Waals surface area contributed by atoms with E-state index >= 15 is 0 Å². The Kier molecular flexibility index (Phi) is 13.3. The highest BCUT2D eigenvalue weighted by molar-refractivity contribution is 7.98. The van der Waals surface area contributed by atoms with E-state index in [-0.39, 0.29) is 0 Å². The van der Waals surface area contributed by atoms with Crippen LogP contribution in [0, 0.1) is 0 Å². The molecule has 28 heavy (non-hydrogen) atoms. The maximum absolute atomic E-state index is 12.5. The van der Waals surface area contributed by atoms with E-state index in [1.165, 1.54) is 13.8 Å². The van der Waals surface area contributed by atoms with Crippen molar-refractivity contribution in [3.05, 3.63) is 0 Å². The first kappa shape index (κ1) is 26.1. The maximum Gasteiger partial charge on any atom is 0.325 e. The maximum atomic E-state index is 12.5. The molecule has 8 N–H and O–H groups in total. The van der Waals surface area contributed by atoms with Gasteiger partial charge in [-0.15, -0.1) is 0 Å². The van der Waals surface area contributed by atoms with Gasteiger partial charge in [-0.1, -0.05) is 0 Å². The van der Waals surface area contributed by atoms with Crippen LogP contribution in [0.2, 0.25) is 0 Å². The fourth-order valence-electron chi connectivity index (χ4n) is 2.20. The van der Waals surface area contributed by atoms with Crippen molar-refractivity contribution in [2.45, 2.75) is 63.7 Å². The molecule has 0 aromatic heterocycles. The quantitative estimate of drug-likeness (QED) is 0.190. The number of carboxylic acid groups (broad SMARTS) is 1. The summed E-state index contributed by atoms with van der Waals surface area (Å²) in [6.07, 6.45) is 4.04. The summed E-state index contributed by atoms with van der Waals surface area (Å²) < 4.78 is 0. The third kappa shape index (κ3) is 10.5. The smallest absolute Gasteiger partial charge is 0.325 e. The van der Waals surface area contributed by atoms with Gasteiger partial charge in [0, 0.05) is 0 Å². The van der Waals surface area contributed by atoms with Crippen LogP contribution in [0.4, 0.5) is 0 Å². The predicted octanol–water partition coefficient (Wildman–Crippen LogP) is -1.23. The minimum absolute atomic E-state index is 0.351. The average Bonchev–Trinajstić information content (AvgIpc) is 2.64. The van der Waals surface area contributed by atoms with Crippen LogP contribution in [-0.4, -0.2) is 71.5 Å². The van der Waals surface area contributed by atoms with Gasteiger partial charge < -0.3 is 32.5 Å². The monoisotopic (exact) mass is 419 g/mol. The molecule has 0 fully saturated rings. The molecular weight excluding hydrogens is 386 g/mol. The van der Waals surface area contributed by atoms with Crippen LogP contribution in [-0.2, 0) is 19.2 Å². The van der Waals surface area contributed by atoms with E-state index in [1.54, 1.807) is 11.8 Å². The van der Waals surface area contributed by atoms with E-state index in [1.807, 2.05) is 6.26 Å². The van der Waals surface area contributed by atoms with Gasteiger partial charge in [-0.3, -0.25) is 19.2 Å². The molecule has 0 aliphatic carbocycles. The Labute approximate surface area is 169 Å². The Morgan fingerprint density at radius 2 is 1.54 bits per heavy atom. The lowest BCUT2D eigenvalue weighted by Crippen LogP contribution is -2.56. The standard InChI is InChI=1S/C17H33N5O5S/c1-10(14(23)21-11(2)17(26)27)20-16(25)13(6-4-5-8-18)22-15(24)12(19)7-9-28-3/h10-13H,4-9,18-19H2,1-3H3,(H,20,25)(H,21,23)(H,22,24)(H,26,27). The van der Waals surface area contributed by atoms with Crippen LogP contribution in [0.25, 0.3) is 0 Å². The van der Waals surface area contributed by atoms with Crippen molar-refractivity contribution < 1.29 is 24.3 Å². The van der Waals surface area contributed by atoms with Crippen LogP contribution in [0.3, 0.4) is 0 Å². The number of hydrogen-bond donors (Lipinski definition) is 6. The van der Waals surface area contributed by atoms with E-state index in [0.717, 1.165) is 5.75 Å². The van der Waals surface area contributed by atoms with E-state index in [2.05, 4.69) is 16.0 Å². The molecule has 162 valence electrons. The molecule has 0 rings (SSSR count). The molecule has 0 bridgehead atoms. The van der Waals surface area contributed by atoms with Gasteiger partial charge in [0.1, 0.15) is 18.1 Å². The van der Waals surface area contributed by atoms with E-state index in [4.69, 9.17) is 16.6 Å². The van der Waals surface area contributed by atoms with Crippen molar-refractivity contribution >= 4 is 35.5 Å². The number of hydrogen-bond acceptors (Lipinski definition) is 7. The number of carboxylic acids is 1. The number of amides is 3. The summed E-state index contributed by atoms with van der Waals surface area (Å²) in [5, 5.41) is 16.3. The molecule has 11 heteroatoms. The summed E-state index contributed by atoms with van der Waals surface area (Å²) in [5.74, 6) is -2.06. The average molecular weight is 420 g/mol. The third-order valence-electron chi connectivity index (χ3n) is 4.03. The molecule has 3 amide bonds. The molecular formula is C17H33N5O5S. The molecule has 0 saturated heterocycles. The Hall–Kier alpha value is -1.85. The number of carbonyl (C=O) groups is 4. The van der Waals surface area contributed by atoms with Crippen LogP contribution < -0.4 is 27.4 Å². The minimum Gasteiger partial charge on any atom is -0.480 e. The summed E-state index contributed by atoms with van der Waals surface area (Å²) in [5.41, 5.74) is 11.3. The number of nitrogens with two attached hydrogens (primary N) is 2. The highest BCUT2D eigenvalue weighted by Crippen LogP contribution is 2.04. The van der Waals surface area contributed by atoms with Gasteiger partial charge in [0.15, 0.2) is 0 Å². The summed E-state index contributed by atoms with van der Waals surface area (Å²) in [7, 11) is 0. The first-order valence-electron chi connectivity index (χ1n) is 9.22. The summed E-state index contributed by atoms with van der Waals surface area (Å²) >= 11 is 1.57. The van der Waals surface area contributed by atoms with Gasteiger partial charge in [-0.05, 0) is 58.1 Å². The van der Waals surface area contributed by atoms with Gasteiger partial charge in [-0.25, -0.2) is 0 Å². The molecule has 0 saturated carbocycles. The lowest BCUT2D eigenvalue weighted by molar-refractivity contribution is -0.141. The third-order valence-corrected chi connectivity index (χ3v) is 4.67. The molecule has 0 radical (unpaired) electrons. The number of nitrogens with one attached hydrogen (secondary N) is 3. The summed E-state index contributed by atoms with van der Waals surface area (Å²) in [6, 6.07) is -3.63. The molecule has 0 aliphatic rings. The molecule has 0 aliphatic heterocycles. The molecule has 0 heterocycles. The number of unbranched alkanes of at least 4 members (excludes halogenated alkanes) is 1. The largest absolute Gasteiger partial charge is 0.480 e. The van der Waals surface area contributed by atoms with Crippen molar-refractivity contribution in [2.24, 2.45) is 11.5 Å². The van der Waals surface area contributed by atoms with Crippen molar-refractivity contribution in [1.29, 1.82) is 0 Å². The van der Waals surface area contributed by atoms with Gasteiger partial charge in [0.2, 0.25) is 17.7 Å². The summed E-state index contributed by atoms with van der Waals surface area (Å²) in [4.78, 5) is 47.6. The van der Waals surface area contributed by atoms with E-state index < -0.39 is 47.9 Å². The van der Waals surface area contributed by atoms with E-state index in [0.29, 0.717) is 32.2 Å². The lowest BCUT2D eigenvalue weighted by Gasteiger charge is -2.23. The second-order valence-corrected chi connectivity index (χ2v) is 7.52. The Balaban J connectivity index is 4.88. The zero-order valence-electron chi connectivity index (χ0n) is 16.7. The molecule has 4 atom stereocenters. The number of aliphatic carboxylic acids is 1. The highest BCUT2D eigenvalue weighted by atomic mass is 32.2. The van der Waals surface area contributed by atoms with E-state index in [9.17, 15) is 19.2 Å². The van der Waals surface area contributed by atoms with Gasteiger partial charge >= 0.3 is 5.97 Å². The first-order valence-corrected chi connectivity index (χ1v) is 10.6. The topological polar surface area (TPSA) is 177 Å². The second-order valence-electron chi connectivity index (χ2n) is 6.53. The number of carbonyl (C=O) groups excluding carboxylic acids is 3. The Morgan fingerprint density at radius 1 is 0.929 bits per heavy atom. The minimum atomic E-state index is -1.18. The lowest BCUT2D eigenvalue weighted by atomic mass is 10.1. The summed E-state index contributed by atoms with van der Waals surface area (Å²) in [6.45, 7) is 3.22. The molecule has 4 unspecified atom stereocenters. The van der Waals surface area contributed by atoms with Crippen LogP contribution >= 0.6 is 11.8 Å². The Morgan fingerprint density at radius 3 is 2.07 bits per heavy atom. The highest BCUT2D eigenvalue weighted by Gasteiger charge is 2.27. The second kappa shape index (κ2) is 14.2. The number of rotatable bonds is 14. The van der Waals surface area contributed by atoms with Crippen molar-refractivity contribution in [3.8, 4) is 0 Å². The zero-order valence-corrected chi connectivity index (χ0v) is 17.5. The van der Waals surface area contributed by atoms with Crippen LogP contribution in [0.5, 0.6) is 0 Å². The van der Waals surface area contributed by atoms with Crippen LogP contribution in [0.15, 0.2) is 0 Å². The zero-order chi connectivity index (χ0) is 21.7. The molecule has 0 aromatic carbocycles. The molecule has 0 aromatic rings. The normalized spacial score (nSPS) is 15.0. The van der Waals surface area contributed by atoms with Crippen LogP contribution in [0.1, 0.15) is 39.5 Å². The van der Waals surface area contributed by atoms with Gasteiger partial charge in [0.05, 0.1) is 6.04 Å². The first-order chi connectivity index (χ1) is 13.1. The van der Waals surface area contributed by atoms with Crippen molar-refractivity contribution in [3.63, 3.8) is 0 Å². The Bertz CT molecular complexity index is 534. The fourth-order valence-corrected chi connectivity index (χ4v) is 2.69. The van der Waals surface area contributed by atoms with Crippen molar-refractivity contribution in [2.75, 3.05) is 18.6 Å². The SMILES string of the molecule is CSCCC(N)C(=O)NC(CCCCN)C(=O)NC(C)C(=O)NC(C)C(=O)O. The van der Waals surface area contributed by atoms with Gasteiger partial charge in [-0.2, -0.15) is 11.8 Å².